The van der Waals surface area contributed by atoms with Crippen molar-refractivity contribution in [2.45, 2.75) is 39.0 Å². The lowest BCUT2D eigenvalue weighted by molar-refractivity contribution is -0.123. The van der Waals surface area contributed by atoms with Gasteiger partial charge in [-0.1, -0.05) is 18.5 Å². The molecule has 0 unspecified atom stereocenters. The summed E-state index contributed by atoms with van der Waals surface area (Å²) in [5.41, 5.74) is 2.11. The number of anilines is 2. The van der Waals surface area contributed by atoms with Crippen LogP contribution in [-0.2, 0) is 11.2 Å². The summed E-state index contributed by atoms with van der Waals surface area (Å²) in [6.45, 7) is 4.56. The Labute approximate surface area is 171 Å². The molecule has 1 saturated carbocycles. The zero-order chi connectivity index (χ0) is 19.5. The first kappa shape index (κ1) is 19.2. The van der Waals surface area contributed by atoms with Gasteiger partial charge < -0.3 is 9.80 Å². The molecule has 6 heteroatoms. The maximum Gasteiger partial charge on any atom is 0.230 e. The normalized spacial score (nSPS) is 17.6. The van der Waals surface area contributed by atoms with E-state index in [2.05, 4.69) is 21.8 Å². The number of aryl methyl sites for hydroxylation is 1. The van der Waals surface area contributed by atoms with Gasteiger partial charge in [0.2, 0.25) is 11.9 Å². The second-order valence-corrected chi connectivity index (χ2v) is 8.31. The van der Waals surface area contributed by atoms with Gasteiger partial charge in [-0.05, 0) is 67.9 Å². The Morgan fingerprint density at radius 1 is 1.11 bits per heavy atom. The summed E-state index contributed by atoms with van der Waals surface area (Å²) in [5, 5.41) is 0.699. The van der Waals surface area contributed by atoms with Crippen molar-refractivity contribution in [1.82, 2.24) is 9.97 Å². The van der Waals surface area contributed by atoms with Gasteiger partial charge in [0.15, 0.2) is 0 Å². The molecule has 1 aliphatic carbocycles. The topological polar surface area (TPSA) is 49.3 Å². The lowest BCUT2D eigenvalue weighted by atomic mass is 9.95. The van der Waals surface area contributed by atoms with Gasteiger partial charge in [-0.2, -0.15) is 0 Å². The van der Waals surface area contributed by atoms with E-state index in [1.165, 1.54) is 12.8 Å². The summed E-state index contributed by atoms with van der Waals surface area (Å²) in [7, 11) is 0. The first-order valence-electron chi connectivity index (χ1n) is 10.3. The Bertz CT molecular complexity index is 796. The van der Waals surface area contributed by atoms with Crippen molar-refractivity contribution < 1.29 is 4.79 Å². The quantitative estimate of drug-likeness (QED) is 0.725. The van der Waals surface area contributed by atoms with Crippen molar-refractivity contribution in [2.75, 3.05) is 29.4 Å². The number of benzene rings is 1. The molecular formula is C22H27ClN4O. The molecule has 2 heterocycles. The monoisotopic (exact) mass is 398 g/mol. The van der Waals surface area contributed by atoms with E-state index < -0.39 is 0 Å². The molecule has 2 aromatic rings. The number of carbonyl (C=O) groups is 1. The van der Waals surface area contributed by atoms with Crippen molar-refractivity contribution in [3.63, 3.8) is 0 Å². The van der Waals surface area contributed by atoms with Crippen LogP contribution in [0.4, 0.5) is 11.6 Å². The molecule has 148 valence electrons. The number of nitrogens with zero attached hydrogens (tertiary/aromatic N) is 4. The van der Waals surface area contributed by atoms with Gasteiger partial charge in [-0.15, -0.1) is 0 Å². The molecule has 1 aromatic carbocycles. The molecule has 2 aliphatic rings. The summed E-state index contributed by atoms with van der Waals surface area (Å²) in [6.07, 6.45) is 8.87. The van der Waals surface area contributed by atoms with E-state index in [1.807, 2.05) is 41.6 Å². The lowest BCUT2D eigenvalue weighted by Gasteiger charge is -2.34. The molecule has 0 bridgehead atoms. The van der Waals surface area contributed by atoms with Gasteiger partial charge in [0.25, 0.3) is 0 Å². The molecular weight excluding hydrogens is 372 g/mol. The van der Waals surface area contributed by atoms with Crippen LogP contribution in [0, 0.1) is 11.8 Å². The molecule has 0 spiro atoms. The first-order valence-corrected chi connectivity index (χ1v) is 10.6. The average molecular weight is 399 g/mol. The summed E-state index contributed by atoms with van der Waals surface area (Å²) in [6, 6.07) is 7.65. The van der Waals surface area contributed by atoms with Crippen LogP contribution < -0.4 is 9.80 Å². The highest BCUT2D eigenvalue weighted by Gasteiger charge is 2.33. The second-order valence-electron chi connectivity index (χ2n) is 7.87. The third kappa shape index (κ3) is 4.46. The number of carbonyl (C=O) groups excluding carboxylic acids is 1. The largest absolute Gasteiger partial charge is 0.341 e. The standard InChI is InChI=1S/C22H27ClN4O/c1-2-16-13-24-22(25-14-16)26-11-9-18(10-12-26)21(28)27(15-17-3-4-17)20-7-5-19(23)6-8-20/h5-8,13-14,17-18H,2-4,9-12,15H2,1H3. The van der Waals surface area contributed by atoms with Gasteiger partial charge >= 0.3 is 0 Å². The predicted molar refractivity (Wildman–Crippen MR) is 113 cm³/mol. The van der Waals surface area contributed by atoms with Crippen LogP contribution in [0.1, 0.15) is 38.2 Å². The van der Waals surface area contributed by atoms with Gasteiger partial charge in [0.1, 0.15) is 0 Å². The summed E-state index contributed by atoms with van der Waals surface area (Å²) < 4.78 is 0. The van der Waals surface area contributed by atoms with E-state index in [9.17, 15) is 4.79 Å². The number of halogens is 1. The number of amides is 1. The average Bonchev–Trinajstić information content (AvgIpc) is 3.57. The maximum absolute atomic E-state index is 13.3. The zero-order valence-corrected chi connectivity index (χ0v) is 17.1. The van der Waals surface area contributed by atoms with Crippen LogP contribution in [0.25, 0.3) is 0 Å². The molecule has 1 aliphatic heterocycles. The van der Waals surface area contributed by atoms with Crippen LogP contribution in [0.15, 0.2) is 36.7 Å². The minimum absolute atomic E-state index is 0.0561. The fourth-order valence-electron chi connectivity index (χ4n) is 3.74. The number of aromatic nitrogens is 2. The summed E-state index contributed by atoms with van der Waals surface area (Å²) >= 11 is 6.04. The SMILES string of the molecule is CCc1cnc(N2CCC(C(=O)N(CC3CC3)c3ccc(Cl)cc3)CC2)nc1. The number of hydrogen-bond donors (Lipinski definition) is 0. The van der Waals surface area contributed by atoms with Crippen molar-refractivity contribution in [3.8, 4) is 0 Å². The highest BCUT2D eigenvalue weighted by Crippen LogP contribution is 2.33. The molecule has 4 rings (SSSR count). The fourth-order valence-corrected chi connectivity index (χ4v) is 3.87. The summed E-state index contributed by atoms with van der Waals surface area (Å²) in [4.78, 5) is 26.5. The minimum Gasteiger partial charge on any atom is -0.341 e. The van der Waals surface area contributed by atoms with Gasteiger partial charge in [-0.3, -0.25) is 4.79 Å². The minimum atomic E-state index is 0.0561. The van der Waals surface area contributed by atoms with E-state index in [0.717, 1.165) is 56.1 Å². The van der Waals surface area contributed by atoms with Crippen LogP contribution in [0.5, 0.6) is 0 Å². The summed E-state index contributed by atoms with van der Waals surface area (Å²) in [5.74, 6) is 1.72. The van der Waals surface area contributed by atoms with Crippen molar-refractivity contribution in [3.05, 3.63) is 47.2 Å². The van der Waals surface area contributed by atoms with Crippen LogP contribution >= 0.6 is 11.6 Å². The highest BCUT2D eigenvalue weighted by atomic mass is 35.5. The Kier molecular flexibility index (Phi) is 5.81. The number of hydrogen-bond acceptors (Lipinski definition) is 4. The van der Waals surface area contributed by atoms with Crippen LogP contribution in [0.2, 0.25) is 5.02 Å². The van der Waals surface area contributed by atoms with Crippen molar-refractivity contribution in [1.29, 1.82) is 0 Å². The van der Waals surface area contributed by atoms with Crippen molar-refractivity contribution in [2.24, 2.45) is 11.8 Å². The van der Waals surface area contributed by atoms with E-state index in [4.69, 9.17) is 11.6 Å². The molecule has 1 saturated heterocycles. The first-order chi connectivity index (χ1) is 13.6. The van der Waals surface area contributed by atoms with E-state index in [1.54, 1.807) is 0 Å². The lowest BCUT2D eigenvalue weighted by Crippen LogP contribution is -2.44. The van der Waals surface area contributed by atoms with Crippen molar-refractivity contribution >= 4 is 29.1 Å². The number of piperidine rings is 1. The molecule has 0 atom stereocenters. The smallest absolute Gasteiger partial charge is 0.230 e. The second kappa shape index (κ2) is 8.48. The highest BCUT2D eigenvalue weighted by molar-refractivity contribution is 6.30. The molecule has 1 aromatic heterocycles. The van der Waals surface area contributed by atoms with Crippen LogP contribution in [-0.4, -0.2) is 35.5 Å². The van der Waals surface area contributed by atoms with E-state index >= 15 is 0 Å². The molecule has 0 N–H and O–H groups in total. The van der Waals surface area contributed by atoms with E-state index in [-0.39, 0.29) is 11.8 Å². The van der Waals surface area contributed by atoms with Gasteiger partial charge in [-0.25, -0.2) is 9.97 Å². The molecule has 2 fully saturated rings. The third-order valence-corrected chi connectivity index (χ3v) is 6.02. The molecule has 5 nitrogen and oxygen atoms in total. The van der Waals surface area contributed by atoms with Gasteiger partial charge in [0.05, 0.1) is 0 Å². The maximum atomic E-state index is 13.3. The molecule has 0 radical (unpaired) electrons. The zero-order valence-electron chi connectivity index (χ0n) is 16.4. The Morgan fingerprint density at radius 3 is 2.32 bits per heavy atom. The van der Waals surface area contributed by atoms with Crippen LogP contribution in [0.3, 0.4) is 0 Å². The third-order valence-electron chi connectivity index (χ3n) is 5.77. The fraction of sp³-hybridized carbons (Fsp3) is 0.500. The number of rotatable bonds is 6. The molecule has 1 amide bonds. The Balaban J connectivity index is 1.41. The van der Waals surface area contributed by atoms with E-state index in [0.29, 0.717) is 10.9 Å². The van der Waals surface area contributed by atoms with Gasteiger partial charge in [0, 0.05) is 48.7 Å². The predicted octanol–water partition coefficient (Wildman–Crippen LogP) is 4.35. The molecule has 28 heavy (non-hydrogen) atoms. The Morgan fingerprint density at radius 2 is 1.75 bits per heavy atom. The Hall–Kier alpha value is -2.14.